The molecule has 1 aromatic carbocycles. The van der Waals surface area contributed by atoms with E-state index in [1.165, 1.54) is 0 Å². The van der Waals surface area contributed by atoms with Gasteiger partial charge in [0.1, 0.15) is 5.69 Å². The Hall–Kier alpha value is -1.27. The number of thioether (sulfide) groups is 1. The summed E-state index contributed by atoms with van der Waals surface area (Å²) in [7, 11) is 5.76. The number of nitro groups is 1. The molecule has 0 saturated heterocycles. The molecular formula is C12H19N3O2S. The molecular weight excluding hydrogens is 250 g/mol. The molecule has 6 heteroatoms. The Kier molecular flexibility index (Phi) is 5.94. The zero-order valence-corrected chi connectivity index (χ0v) is 11.8. The van der Waals surface area contributed by atoms with Gasteiger partial charge in [-0.05, 0) is 25.7 Å². The lowest BCUT2D eigenvalue weighted by Crippen LogP contribution is -2.14. The van der Waals surface area contributed by atoms with Gasteiger partial charge in [-0.2, -0.15) is 11.8 Å². The maximum atomic E-state index is 10.9. The van der Waals surface area contributed by atoms with Crippen LogP contribution >= 0.6 is 11.8 Å². The number of nitrogens with zero attached hydrogens (tertiary/aromatic N) is 2. The van der Waals surface area contributed by atoms with Crippen LogP contribution in [0.4, 0.5) is 11.4 Å². The Morgan fingerprint density at radius 3 is 2.72 bits per heavy atom. The first-order valence-electron chi connectivity index (χ1n) is 5.72. The van der Waals surface area contributed by atoms with Crippen molar-refractivity contribution in [3.05, 3.63) is 33.9 Å². The molecule has 1 N–H and O–H groups in total. The zero-order valence-electron chi connectivity index (χ0n) is 11.0. The van der Waals surface area contributed by atoms with Crippen LogP contribution < -0.4 is 5.32 Å². The highest BCUT2D eigenvalue weighted by Crippen LogP contribution is 2.26. The molecule has 100 valence electrons. The standard InChI is InChI=1S/C12H19N3O2S/c1-13-11-5-4-10(8-12(11)15(16)17)9-18-7-6-14(2)3/h4-5,8,13H,6-7,9H2,1-3H3. The second-order valence-corrected chi connectivity index (χ2v) is 5.32. The van der Waals surface area contributed by atoms with E-state index in [0.29, 0.717) is 5.69 Å². The molecule has 1 rings (SSSR count). The molecule has 0 saturated carbocycles. The lowest BCUT2D eigenvalue weighted by molar-refractivity contribution is -0.384. The number of hydrogen-bond donors (Lipinski definition) is 1. The van der Waals surface area contributed by atoms with Gasteiger partial charge in [0.05, 0.1) is 4.92 Å². The van der Waals surface area contributed by atoms with Crippen LogP contribution in [0.25, 0.3) is 0 Å². The van der Waals surface area contributed by atoms with Crippen molar-refractivity contribution in [2.75, 3.05) is 38.8 Å². The van der Waals surface area contributed by atoms with Crippen molar-refractivity contribution >= 4 is 23.1 Å². The maximum absolute atomic E-state index is 10.9. The third kappa shape index (κ3) is 4.54. The highest BCUT2D eigenvalue weighted by atomic mass is 32.2. The van der Waals surface area contributed by atoms with Crippen LogP contribution in [0.2, 0.25) is 0 Å². The van der Waals surface area contributed by atoms with Gasteiger partial charge in [0.2, 0.25) is 0 Å². The fourth-order valence-corrected chi connectivity index (χ4v) is 2.52. The van der Waals surface area contributed by atoms with E-state index >= 15 is 0 Å². The van der Waals surface area contributed by atoms with Gasteiger partial charge in [0.25, 0.3) is 5.69 Å². The number of anilines is 1. The van der Waals surface area contributed by atoms with E-state index in [4.69, 9.17) is 0 Å². The predicted octanol–water partition coefficient (Wildman–Crippen LogP) is 2.43. The molecule has 0 aromatic heterocycles. The monoisotopic (exact) mass is 269 g/mol. The van der Waals surface area contributed by atoms with Crippen LogP contribution in [0.15, 0.2) is 18.2 Å². The highest BCUT2D eigenvalue weighted by molar-refractivity contribution is 7.98. The Morgan fingerprint density at radius 1 is 1.44 bits per heavy atom. The smallest absolute Gasteiger partial charge is 0.292 e. The maximum Gasteiger partial charge on any atom is 0.292 e. The molecule has 5 nitrogen and oxygen atoms in total. The molecule has 0 aliphatic carbocycles. The van der Waals surface area contributed by atoms with Crippen LogP contribution in [-0.2, 0) is 5.75 Å². The summed E-state index contributed by atoms with van der Waals surface area (Å²) in [6.45, 7) is 1.02. The normalized spacial score (nSPS) is 10.7. The molecule has 18 heavy (non-hydrogen) atoms. The number of rotatable bonds is 7. The van der Waals surface area contributed by atoms with Crippen molar-refractivity contribution in [1.29, 1.82) is 0 Å². The number of benzene rings is 1. The third-order valence-electron chi connectivity index (χ3n) is 2.48. The summed E-state index contributed by atoms with van der Waals surface area (Å²) in [6.07, 6.45) is 0. The summed E-state index contributed by atoms with van der Waals surface area (Å²) in [6, 6.07) is 5.34. The third-order valence-corrected chi connectivity index (χ3v) is 3.49. The fourth-order valence-electron chi connectivity index (χ4n) is 1.47. The van der Waals surface area contributed by atoms with Gasteiger partial charge in [-0.3, -0.25) is 10.1 Å². The van der Waals surface area contributed by atoms with Crippen LogP contribution in [0.3, 0.4) is 0 Å². The number of nitrogens with one attached hydrogen (secondary N) is 1. The molecule has 1 aromatic rings. The van der Waals surface area contributed by atoms with Gasteiger partial charge >= 0.3 is 0 Å². The van der Waals surface area contributed by atoms with Crippen LogP contribution in [0, 0.1) is 10.1 Å². The number of hydrogen-bond acceptors (Lipinski definition) is 5. The van der Waals surface area contributed by atoms with E-state index in [1.54, 1.807) is 30.9 Å². The zero-order chi connectivity index (χ0) is 13.5. The average Bonchev–Trinajstić information content (AvgIpc) is 2.34. The molecule has 0 radical (unpaired) electrons. The van der Waals surface area contributed by atoms with Crippen molar-refractivity contribution in [3.8, 4) is 0 Å². The summed E-state index contributed by atoms with van der Waals surface area (Å²) in [5.74, 6) is 1.83. The Morgan fingerprint density at radius 2 is 2.17 bits per heavy atom. The first-order valence-corrected chi connectivity index (χ1v) is 6.87. The first-order chi connectivity index (χ1) is 8.54. The highest BCUT2D eigenvalue weighted by Gasteiger charge is 2.13. The molecule has 0 unspecified atom stereocenters. The van der Waals surface area contributed by atoms with Crippen molar-refractivity contribution in [2.24, 2.45) is 0 Å². The first kappa shape index (κ1) is 14.8. The summed E-state index contributed by atoms with van der Waals surface area (Å²) in [5, 5.41) is 13.7. The summed E-state index contributed by atoms with van der Waals surface area (Å²) in [5.41, 5.74) is 1.69. The largest absolute Gasteiger partial charge is 0.383 e. The molecule has 0 amide bonds. The van der Waals surface area contributed by atoms with Crippen molar-refractivity contribution in [3.63, 3.8) is 0 Å². The number of nitro benzene ring substituents is 1. The van der Waals surface area contributed by atoms with E-state index in [-0.39, 0.29) is 10.6 Å². The van der Waals surface area contributed by atoms with E-state index in [9.17, 15) is 10.1 Å². The minimum atomic E-state index is -0.347. The fraction of sp³-hybridized carbons (Fsp3) is 0.500. The molecule has 0 aliphatic rings. The van der Waals surface area contributed by atoms with Gasteiger partial charge in [-0.1, -0.05) is 6.07 Å². The van der Waals surface area contributed by atoms with Crippen molar-refractivity contribution in [1.82, 2.24) is 4.90 Å². The summed E-state index contributed by atoms with van der Waals surface area (Å²) < 4.78 is 0. The Bertz CT molecular complexity index is 410. The average molecular weight is 269 g/mol. The van der Waals surface area contributed by atoms with Crippen LogP contribution in [0.1, 0.15) is 5.56 Å². The Labute approximate surface area is 112 Å². The minimum absolute atomic E-state index is 0.142. The van der Waals surface area contributed by atoms with Gasteiger partial charge < -0.3 is 10.2 Å². The SMILES string of the molecule is CNc1ccc(CSCCN(C)C)cc1[N+](=O)[O-]. The van der Waals surface area contributed by atoms with Crippen LogP contribution in [-0.4, -0.2) is 43.3 Å². The molecule has 0 fully saturated rings. The second kappa shape index (κ2) is 7.23. The van der Waals surface area contributed by atoms with Crippen molar-refractivity contribution < 1.29 is 4.92 Å². The van der Waals surface area contributed by atoms with E-state index < -0.39 is 0 Å². The van der Waals surface area contributed by atoms with Crippen LogP contribution in [0.5, 0.6) is 0 Å². The van der Waals surface area contributed by atoms with Gasteiger partial charge in [-0.15, -0.1) is 0 Å². The molecule has 0 spiro atoms. The predicted molar refractivity (Wildman–Crippen MR) is 77.4 cm³/mol. The molecule has 0 heterocycles. The summed E-state index contributed by atoms with van der Waals surface area (Å²) >= 11 is 1.78. The Balaban J connectivity index is 2.62. The van der Waals surface area contributed by atoms with E-state index in [2.05, 4.69) is 10.2 Å². The van der Waals surface area contributed by atoms with E-state index in [0.717, 1.165) is 23.6 Å². The van der Waals surface area contributed by atoms with Gasteiger partial charge in [-0.25, -0.2) is 0 Å². The van der Waals surface area contributed by atoms with Crippen molar-refractivity contribution in [2.45, 2.75) is 5.75 Å². The second-order valence-electron chi connectivity index (χ2n) is 4.21. The molecule has 0 atom stereocenters. The lowest BCUT2D eigenvalue weighted by Gasteiger charge is -2.09. The molecule has 0 aliphatic heterocycles. The van der Waals surface area contributed by atoms with E-state index in [1.807, 2.05) is 20.2 Å². The minimum Gasteiger partial charge on any atom is -0.383 e. The van der Waals surface area contributed by atoms with Gasteiger partial charge in [0.15, 0.2) is 0 Å². The molecule has 0 bridgehead atoms. The van der Waals surface area contributed by atoms with Gasteiger partial charge in [0, 0.05) is 31.2 Å². The topological polar surface area (TPSA) is 58.4 Å². The lowest BCUT2D eigenvalue weighted by atomic mass is 10.2. The summed E-state index contributed by atoms with van der Waals surface area (Å²) in [4.78, 5) is 12.7. The quantitative estimate of drug-likeness (QED) is 0.468.